The first-order valence-corrected chi connectivity index (χ1v) is 12.8. The van der Waals surface area contributed by atoms with Crippen LogP contribution < -0.4 is 0 Å². The first-order chi connectivity index (χ1) is 13.2. The van der Waals surface area contributed by atoms with Gasteiger partial charge in [0.15, 0.2) is 0 Å². The van der Waals surface area contributed by atoms with E-state index in [1.54, 1.807) is 24.3 Å². The predicted molar refractivity (Wildman–Crippen MR) is 110 cm³/mol. The zero-order chi connectivity index (χ0) is 22.0. The Morgan fingerprint density at radius 1 is 1.03 bits per heavy atom. The summed E-state index contributed by atoms with van der Waals surface area (Å²) in [5.41, 5.74) is 3.87. The maximum atomic E-state index is 13.0. The van der Waals surface area contributed by atoms with Crippen LogP contribution in [0.4, 0.5) is 13.2 Å². The average Bonchev–Trinajstić information content (AvgIpc) is 2.82. The molecule has 1 aliphatic rings. The Kier molecular flexibility index (Phi) is 6.68. The highest BCUT2D eigenvalue weighted by Crippen LogP contribution is 2.36. The molecule has 1 aliphatic heterocycles. The second-order valence-electron chi connectivity index (χ2n) is 9.11. The molecule has 1 heterocycles. The molecule has 7 heteroatoms. The molecule has 0 saturated heterocycles. The van der Waals surface area contributed by atoms with Crippen molar-refractivity contribution in [3.8, 4) is 11.5 Å². The van der Waals surface area contributed by atoms with Crippen LogP contribution in [0.5, 0.6) is 0 Å². The molecular weight excluding hydrogens is 395 g/mol. The van der Waals surface area contributed by atoms with Crippen LogP contribution in [0.2, 0.25) is 18.1 Å². The van der Waals surface area contributed by atoms with Crippen molar-refractivity contribution in [2.75, 3.05) is 6.54 Å². The molecule has 0 radical (unpaired) electrons. The number of nitrogens with zero attached hydrogens (tertiary/aromatic N) is 1. The Balaban J connectivity index is 2.06. The molecule has 0 aliphatic carbocycles. The van der Waals surface area contributed by atoms with Crippen molar-refractivity contribution in [1.82, 2.24) is 4.90 Å². The zero-order valence-corrected chi connectivity index (χ0v) is 18.6. The van der Waals surface area contributed by atoms with E-state index in [1.807, 2.05) is 0 Å². The van der Waals surface area contributed by atoms with Gasteiger partial charge in [-0.05, 0) is 30.0 Å². The number of carbonyl (C=O) groups excluding carboxylic acids is 2. The van der Waals surface area contributed by atoms with Crippen molar-refractivity contribution >= 4 is 19.9 Å². The van der Waals surface area contributed by atoms with Crippen LogP contribution in [-0.4, -0.2) is 37.5 Å². The van der Waals surface area contributed by atoms with Crippen LogP contribution in [0.1, 0.15) is 60.7 Å². The zero-order valence-electron chi connectivity index (χ0n) is 17.6. The third-order valence-electron chi connectivity index (χ3n) is 5.75. The van der Waals surface area contributed by atoms with Gasteiger partial charge in [0.1, 0.15) is 8.07 Å². The van der Waals surface area contributed by atoms with E-state index in [0.29, 0.717) is 17.5 Å². The van der Waals surface area contributed by atoms with E-state index in [4.69, 9.17) is 0 Å². The molecule has 2 amide bonds. The molecule has 1 aromatic rings. The Labute approximate surface area is 171 Å². The van der Waals surface area contributed by atoms with Gasteiger partial charge in [-0.1, -0.05) is 46.0 Å². The summed E-state index contributed by atoms with van der Waals surface area (Å²) in [7, 11) is -2.02. The van der Waals surface area contributed by atoms with E-state index in [0.717, 1.165) is 4.90 Å². The molecule has 158 valence electrons. The Morgan fingerprint density at radius 2 is 1.55 bits per heavy atom. The number of rotatable bonds is 5. The lowest BCUT2D eigenvalue weighted by Gasteiger charge is -2.31. The lowest BCUT2D eigenvalue weighted by Crippen LogP contribution is -2.36. The Hall–Kier alpha value is -2.07. The number of imide groups is 1. The van der Waals surface area contributed by atoms with E-state index in [1.165, 1.54) is 0 Å². The van der Waals surface area contributed by atoms with Gasteiger partial charge in [-0.2, -0.15) is 13.2 Å². The maximum absolute atomic E-state index is 13.0. The molecule has 0 spiro atoms. The van der Waals surface area contributed by atoms with Crippen LogP contribution in [-0.2, 0) is 0 Å². The van der Waals surface area contributed by atoms with Gasteiger partial charge in [-0.25, -0.2) is 0 Å². The predicted octanol–water partition coefficient (Wildman–Crippen LogP) is 5.68. The van der Waals surface area contributed by atoms with Gasteiger partial charge in [0.2, 0.25) is 0 Å². The molecule has 0 fully saturated rings. The van der Waals surface area contributed by atoms with E-state index in [9.17, 15) is 22.8 Å². The fourth-order valence-corrected chi connectivity index (χ4v) is 3.85. The van der Waals surface area contributed by atoms with Gasteiger partial charge in [0, 0.05) is 12.5 Å². The number of halogens is 3. The molecule has 0 bridgehead atoms. The summed E-state index contributed by atoms with van der Waals surface area (Å²) in [6.07, 6.45) is -4.80. The summed E-state index contributed by atoms with van der Waals surface area (Å²) < 4.78 is 39.0. The molecular formula is C22H28F3NO2Si. The van der Waals surface area contributed by atoms with Crippen LogP contribution >= 0.6 is 0 Å². The van der Waals surface area contributed by atoms with Crippen LogP contribution in [0.15, 0.2) is 24.3 Å². The van der Waals surface area contributed by atoms with Gasteiger partial charge < -0.3 is 0 Å². The number of benzene rings is 1. The lowest BCUT2D eigenvalue weighted by molar-refractivity contribution is -0.141. The molecule has 2 rings (SSSR count). The Morgan fingerprint density at radius 3 is 2.00 bits per heavy atom. The average molecular weight is 424 g/mol. The number of fused-ring (bicyclic) bond motifs is 1. The summed E-state index contributed by atoms with van der Waals surface area (Å²) >= 11 is 0. The summed E-state index contributed by atoms with van der Waals surface area (Å²) in [5, 5.41) is -0.0387. The second kappa shape index (κ2) is 8.35. The third kappa shape index (κ3) is 5.72. The highest BCUT2D eigenvalue weighted by Gasteiger charge is 2.36. The van der Waals surface area contributed by atoms with E-state index >= 15 is 0 Å². The summed E-state index contributed by atoms with van der Waals surface area (Å²) in [4.78, 5) is 25.9. The standard InChI is InChI=1S/C22H28F3NO2Si/c1-21(2,3)29(4,5)14-12-16(15-22(23,24)25)9-8-13-26-19(27)17-10-6-7-11-18(17)20(26)28/h6-7,10-11,16H,8-9,13,15H2,1-5H3. The molecule has 1 aromatic carbocycles. The molecule has 0 N–H and O–H groups in total. The first-order valence-electron chi connectivity index (χ1n) is 9.77. The van der Waals surface area contributed by atoms with E-state index < -0.39 is 26.6 Å². The first kappa shape index (κ1) is 23.2. The SMILES string of the molecule is CC(C)(C)[Si](C)(C)C#CC(CCCN1C(=O)c2ccccc2C1=O)CC(F)(F)F. The second-order valence-corrected chi connectivity index (χ2v) is 14.1. The molecule has 29 heavy (non-hydrogen) atoms. The van der Waals surface area contributed by atoms with Crippen LogP contribution in [0, 0.1) is 17.4 Å². The summed E-state index contributed by atoms with van der Waals surface area (Å²) in [6, 6.07) is 6.55. The summed E-state index contributed by atoms with van der Waals surface area (Å²) in [6.45, 7) is 10.4. The third-order valence-corrected chi connectivity index (χ3v) is 10.3. The van der Waals surface area contributed by atoms with Crippen LogP contribution in [0.3, 0.4) is 0 Å². The lowest BCUT2D eigenvalue weighted by atomic mass is 10.00. The number of alkyl halides is 3. The number of carbonyl (C=O) groups is 2. The molecule has 1 atom stereocenters. The Bertz CT molecular complexity index is 809. The topological polar surface area (TPSA) is 37.4 Å². The maximum Gasteiger partial charge on any atom is 0.390 e. The van der Waals surface area contributed by atoms with Gasteiger partial charge in [0.25, 0.3) is 11.8 Å². The van der Waals surface area contributed by atoms with Crippen LogP contribution in [0.25, 0.3) is 0 Å². The van der Waals surface area contributed by atoms with Crippen molar-refractivity contribution in [2.45, 2.75) is 64.3 Å². The normalized spacial score (nSPS) is 15.8. The van der Waals surface area contributed by atoms with Gasteiger partial charge in [0.05, 0.1) is 17.5 Å². The minimum absolute atomic E-state index is 0.0387. The fraction of sp³-hybridized carbons (Fsp3) is 0.545. The van der Waals surface area contributed by atoms with Crippen molar-refractivity contribution < 1.29 is 22.8 Å². The fourth-order valence-electron chi connectivity index (χ4n) is 2.91. The highest BCUT2D eigenvalue weighted by molar-refractivity contribution is 6.87. The van der Waals surface area contributed by atoms with Gasteiger partial charge in [-0.3, -0.25) is 14.5 Å². The van der Waals surface area contributed by atoms with Crippen molar-refractivity contribution in [3.05, 3.63) is 35.4 Å². The number of amides is 2. The monoisotopic (exact) mass is 423 g/mol. The molecule has 0 saturated carbocycles. The molecule has 1 unspecified atom stereocenters. The number of hydrogen-bond donors (Lipinski definition) is 0. The smallest absolute Gasteiger partial charge is 0.274 e. The van der Waals surface area contributed by atoms with Gasteiger partial charge in [-0.15, -0.1) is 11.5 Å². The highest BCUT2D eigenvalue weighted by atomic mass is 28.3. The van der Waals surface area contributed by atoms with Crippen molar-refractivity contribution in [1.29, 1.82) is 0 Å². The minimum Gasteiger partial charge on any atom is -0.274 e. The largest absolute Gasteiger partial charge is 0.390 e. The van der Waals surface area contributed by atoms with E-state index in [2.05, 4.69) is 45.3 Å². The minimum atomic E-state index is -4.30. The summed E-state index contributed by atoms with van der Waals surface area (Å²) in [5.74, 6) is 1.29. The van der Waals surface area contributed by atoms with Crippen molar-refractivity contribution in [2.24, 2.45) is 5.92 Å². The molecule has 3 nitrogen and oxygen atoms in total. The van der Waals surface area contributed by atoms with E-state index in [-0.39, 0.29) is 29.8 Å². The van der Waals surface area contributed by atoms with Gasteiger partial charge >= 0.3 is 6.18 Å². The number of hydrogen-bond acceptors (Lipinski definition) is 2. The van der Waals surface area contributed by atoms with Crippen molar-refractivity contribution in [3.63, 3.8) is 0 Å². The molecule has 0 aromatic heterocycles. The quantitative estimate of drug-likeness (QED) is 0.347.